The molecule has 0 bridgehead atoms. The summed E-state index contributed by atoms with van der Waals surface area (Å²) in [6.07, 6.45) is 0.466. The minimum atomic E-state index is -0.997. The third-order valence-corrected chi connectivity index (χ3v) is 4.01. The second kappa shape index (κ2) is 4.37. The number of amides is 1. The number of nitrogens with one attached hydrogen (secondary N) is 1. The van der Waals surface area contributed by atoms with Crippen molar-refractivity contribution in [1.82, 2.24) is 5.32 Å². The summed E-state index contributed by atoms with van der Waals surface area (Å²) in [6.45, 7) is 4.16. The van der Waals surface area contributed by atoms with Gasteiger partial charge in [-0.2, -0.15) is 0 Å². The van der Waals surface area contributed by atoms with E-state index in [9.17, 15) is 9.59 Å². The molecule has 2 atom stereocenters. The molecule has 2 aliphatic heterocycles. The Kier molecular flexibility index (Phi) is 2.78. The highest BCUT2D eigenvalue weighted by molar-refractivity contribution is 6.05. The molecule has 1 N–H and O–H groups in total. The van der Waals surface area contributed by atoms with Gasteiger partial charge in [0.25, 0.3) is 0 Å². The fourth-order valence-corrected chi connectivity index (χ4v) is 2.98. The molecule has 0 unspecified atom stereocenters. The van der Waals surface area contributed by atoms with Gasteiger partial charge in [0.2, 0.25) is 5.91 Å². The molecule has 2 saturated heterocycles. The van der Waals surface area contributed by atoms with E-state index in [0.29, 0.717) is 18.6 Å². The average molecular weight is 273 g/mol. The van der Waals surface area contributed by atoms with E-state index in [4.69, 9.17) is 9.47 Å². The van der Waals surface area contributed by atoms with Crippen molar-refractivity contribution in [3.63, 3.8) is 0 Å². The molecule has 2 aliphatic rings. The monoisotopic (exact) mass is 273 g/mol. The molecule has 1 aromatic carbocycles. The normalized spacial score (nSPS) is 28.6. The maximum Gasteiger partial charge on any atom is 0.333 e. The van der Waals surface area contributed by atoms with Crippen LogP contribution in [0.4, 0.5) is 0 Å². The van der Waals surface area contributed by atoms with Crippen LogP contribution in [0.3, 0.4) is 0 Å². The first kappa shape index (κ1) is 12.7. The van der Waals surface area contributed by atoms with Crippen molar-refractivity contribution in [2.45, 2.75) is 17.9 Å². The van der Waals surface area contributed by atoms with Crippen LogP contribution in [0.15, 0.2) is 36.4 Å². The Hall–Kier alpha value is -2.30. The SMILES string of the molecule is C=C1C(=O)N[C@@]2(CCOC2=O)[C@@H]1c1ccc(OC)cc1. The summed E-state index contributed by atoms with van der Waals surface area (Å²) in [4.78, 5) is 24.0. The molecule has 0 aliphatic carbocycles. The molecule has 5 nitrogen and oxygen atoms in total. The molecule has 2 heterocycles. The lowest BCUT2D eigenvalue weighted by Crippen LogP contribution is -2.49. The zero-order valence-electron chi connectivity index (χ0n) is 11.1. The fraction of sp³-hybridized carbons (Fsp3) is 0.333. The number of ether oxygens (including phenoxy) is 2. The number of rotatable bonds is 2. The molecule has 1 aromatic rings. The van der Waals surface area contributed by atoms with Crippen LogP contribution in [0.25, 0.3) is 0 Å². The molecular formula is C15H15NO4. The summed E-state index contributed by atoms with van der Waals surface area (Å²) >= 11 is 0. The number of benzene rings is 1. The van der Waals surface area contributed by atoms with E-state index in [1.165, 1.54) is 0 Å². The average Bonchev–Trinajstić information content (AvgIpc) is 2.93. The Morgan fingerprint density at radius 1 is 1.35 bits per heavy atom. The third kappa shape index (κ3) is 1.62. The molecule has 1 amide bonds. The fourth-order valence-electron chi connectivity index (χ4n) is 2.98. The Bertz CT molecular complexity index is 592. The molecule has 20 heavy (non-hydrogen) atoms. The van der Waals surface area contributed by atoms with Gasteiger partial charge in [-0.1, -0.05) is 18.7 Å². The van der Waals surface area contributed by atoms with Crippen LogP contribution < -0.4 is 10.1 Å². The molecule has 1 spiro atoms. The Labute approximate surface area is 116 Å². The first-order valence-corrected chi connectivity index (χ1v) is 6.41. The molecular weight excluding hydrogens is 258 g/mol. The van der Waals surface area contributed by atoms with E-state index < -0.39 is 11.5 Å². The van der Waals surface area contributed by atoms with Crippen LogP contribution in [0, 0.1) is 0 Å². The minimum absolute atomic E-state index is 0.287. The zero-order valence-corrected chi connectivity index (χ0v) is 11.1. The number of esters is 1. The molecule has 0 saturated carbocycles. The summed E-state index contributed by atoms with van der Waals surface area (Å²) in [7, 11) is 1.59. The smallest absolute Gasteiger partial charge is 0.333 e. The second-order valence-electron chi connectivity index (χ2n) is 5.04. The van der Waals surface area contributed by atoms with E-state index in [1.807, 2.05) is 12.1 Å². The minimum Gasteiger partial charge on any atom is -0.497 e. The Balaban J connectivity index is 2.05. The molecule has 3 rings (SSSR count). The first-order chi connectivity index (χ1) is 9.58. The number of carbonyl (C=O) groups excluding carboxylic acids is 2. The van der Waals surface area contributed by atoms with E-state index in [2.05, 4.69) is 11.9 Å². The molecule has 0 aromatic heterocycles. The quantitative estimate of drug-likeness (QED) is 0.648. The standard InChI is InChI=1S/C15H15NO4/c1-9-12(10-3-5-11(19-2)6-4-10)15(16-13(9)17)7-8-20-14(15)18/h3-6,12H,1,7-8H2,2H3,(H,16,17)/t12-,15-/m0/s1. The van der Waals surface area contributed by atoms with Crippen LogP contribution >= 0.6 is 0 Å². The molecule has 5 heteroatoms. The highest BCUT2D eigenvalue weighted by atomic mass is 16.5. The third-order valence-electron chi connectivity index (χ3n) is 4.01. The Morgan fingerprint density at radius 3 is 2.60 bits per heavy atom. The molecule has 2 fully saturated rings. The van der Waals surface area contributed by atoms with Crippen LogP contribution in [0.2, 0.25) is 0 Å². The van der Waals surface area contributed by atoms with Crippen molar-refractivity contribution in [2.24, 2.45) is 0 Å². The highest BCUT2D eigenvalue weighted by Crippen LogP contribution is 2.45. The van der Waals surface area contributed by atoms with Crippen molar-refractivity contribution >= 4 is 11.9 Å². The number of carbonyl (C=O) groups is 2. The first-order valence-electron chi connectivity index (χ1n) is 6.41. The Morgan fingerprint density at radius 2 is 2.05 bits per heavy atom. The summed E-state index contributed by atoms with van der Waals surface area (Å²) < 4.78 is 10.2. The van der Waals surface area contributed by atoms with E-state index in [0.717, 1.165) is 11.3 Å². The van der Waals surface area contributed by atoms with Gasteiger partial charge in [-0.25, -0.2) is 4.79 Å². The number of methoxy groups -OCH3 is 1. The van der Waals surface area contributed by atoms with Gasteiger partial charge < -0.3 is 14.8 Å². The zero-order chi connectivity index (χ0) is 14.3. The lowest BCUT2D eigenvalue weighted by molar-refractivity contribution is -0.144. The second-order valence-corrected chi connectivity index (χ2v) is 5.04. The van der Waals surface area contributed by atoms with Crippen LogP contribution in [0.5, 0.6) is 5.75 Å². The number of hydrogen-bond acceptors (Lipinski definition) is 4. The summed E-state index contributed by atoms with van der Waals surface area (Å²) in [5.74, 6) is -0.342. The van der Waals surface area contributed by atoms with Crippen molar-refractivity contribution in [3.8, 4) is 5.75 Å². The van der Waals surface area contributed by atoms with Gasteiger partial charge in [0.1, 0.15) is 5.75 Å². The van der Waals surface area contributed by atoms with Crippen LogP contribution in [-0.4, -0.2) is 31.1 Å². The largest absolute Gasteiger partial charge is 0.497 e. The van der Waals surface area contributed by atoms with E-state index in [-0.39, 0.29) is 11.9 Å². The lowest BCUT2D eigenvalue weighted by Gasteiger charge is -2.26. The summed E-state index contributed by atoms with van der Waals surface area (Å²) in [5, 5.41) is 2.76. The van der Waals surface area contributed by atoms with Crippen molar-refractivity contribution < 1.29 is 19.1 Å². The van der Waals surface area contributed by atoms with Crippen molar-refractivity contribution in [1.29, 1.82) is 0 Å². The summed E-state index contributed by atoms with van der Waals surface area (Å²) in [5.41, 5.74) is 0.255. The maximum atomic E-state index is 12.1. The van der Waals surface area contributed by atoms with E-state index in [1.54, 1.807) is 19.2 Å². The molecule has 104 valence electrons. The van der Waals surface area contributed by atoms with Gasteiger partial charge in [0.15, 0.2) is 5.54 Å². The predicted octanol–water partition coefficient (Wildman–Crippen LogP) is 1.15. The summed E-state index contributed by atoms with van der Waals surface area (Å²) in [6, 6.07) is 7.31. The van der Waals surface area contributed by atoms with Gasteiger partial charge >= 0.3 is 5.97 Å². The van der Waals surface area contributed by atoms with Gasteiger partial charge in [-0.05, 0) is 17.7 Å². The maximum absolute atomic E-state index is 12.1. The number of cyclic esters (lactones) is 1. The highest BCUT2D eigenvalue weighted by Gasteiger charge is 2.58. The van der Waals surface area contributed by atoms with E-state index >= 15 is 0 Å². The van der Waals surface area contributed by atoms with Gasteiger partial charge in [0.05, 0.1) is 13.7 Å². The van der Waals surface area contributed by atoms with Crippen molar-refractivity contribution in [2.75, 3.05) is 13.7 Å². The van der Waals surface area contributed by atoms with Gasteiger partial charge in [0, 0.05) is 17.9 Å². The van der Waals surface area contributed by atoms with Crippen molar-refractivity contribution in [3.05, 3.63) is 42.0 Å². The lowest BCUT2D eigenvalue weighted by atomic mass is 9.77. The topological polar surface area (TPSA) is 64.6 Å². The van der Waals surface area contributed by atoms with Crippen LogP contribution in [0.1, 0.15) is 17.9 Å². The van der Waals surface area contributed by atoms with Gasteiger partial charge in [-0.15, -0.1) is 0 Å². The number of hydrogen-bond donors (Lipinski definition) is 1. The predicted molar refractivity (Wildman–Crippen MR) is 71.3 cm³/mol. The van der Waals surface area contributed by atoms with Gasteiger partial charge in [-0.3, -0.25) is 4.79 Å². The van der Waals surface area contributed by atoms with Crippen LogP contribution in [-0.2, 0) is 14.3 Å². The molecule has 0 radical (unpaired) electrons.